The molecule has 1 amide bonds. The standard InChI is InChI=1S/C17H20N2OS/c1-14-7-5-10-16(18-14)19-17(20)11-6-12-21-13-15-8-3-2-4-9-15/h2-5,7-10H,6,11-13H2,1H3,(H,18,19,20). The van der Waals surface area contributed by atoms with Crippen LogP contribution in [0.4, 0.5) is 5.82 Å². The van der Waals surface area contributed by atoms with E-state index in [2.05, 4.69) is 34.6 Å². The summed E-state index contributed by atoms with van der Waals surface area (Å²) in [7, 11) is 0. The van der Waals surface area contributed by atoms with Crippen LogP contribution in [-0.2, 0) is 10.5 Å². The van der Waals surface area contributed by atoms with Gasteiger partial charge in [0, 0.05) is 17.9 Å². The summed E-state index contributed by atoms with van der Waals surface area (Å²) in [5, 5.41) is 2.83. The van der Waals surface area contributed by atoms with Gasteiger partial charge in [-0.1, -0.05) is 36.4 Å². The number of hydrogen-bond donors (Lipinski definition) is 1. The highest BCUT2D eigenvalue weighted by Gasteiger charge is 2.03. The van der Waals surface area contributed by atoms with Crippen molar-refractivity contribution in [3.05, 3.63) is 59.8 Å². The summed E-state index contributed by atoms with van der Waals surface area (Å²) >= 11 is 1.86. The zero-order chi connectivity index (χ0) is 14.9. The highest BCUT2D eigenvalue weighted by Crippen LogP contribution is 2.13. The highest BCUT2D eigenvalue weighted by molar-refractivity contribution is 7.98. The summed E-state index contributed by atoms with van der Waals surface area (Å²) in [6.07, 6.45) is 1.42. The van der Waals surface area contributed by atoms with Crippen molar-refractivity contribution in [3.63, 3.8) is 0 Å². The average molecular weight is 300 g/mol. The minimum absolute atomic E-state index is 0.0356. The van der Waals surface area contributed by atoms with E-state index in [4.69, 9.17) is 0 Å². The Morgan fingerprint density at radius 3 is 2.71 bits per heavy atom. The number of thioether (sulfide) groups is 1. The molecule has 0 atom stereocenters. The Kier molecular flexibility index (Phi) is 6.28. The van der Waals surface area contributed by atoms with Gasteiger partial charge < -0.3 is 5.32 Å². The number of carbonyl (C=O) groups excluding carboxylic acids is 1. The van der Waals surface area contributed by atoms with Crippen molar-refractivity contribution in [2.24, 2.45) is 0 Å². The van der Waals surface area contributed by atoms with Crippen molar-refractivity contribution in [1.82, 2.24) is 4.98 Å². The van der Waals surface area contributed by atoms with E-state index in [1.807, 2.05) is 43.0 Å². The van der Waals surface area contributed by atoms with E-state index in [0.717, 1.165) is 23.6 Å². The lowest BCUT2D eigenvalue weighted by molar-refractivity contribution is -0.116. The number of benzene rings is 1. The summed E-state index contributed by atoms with van der Waals surface area (Å²) in [4.78, 5) is 16.1. The minimum Gasteiger partial charge on any atom is -0.311 e. The number of aryl methyl sites for hydroxylation is 1. The molecule has 2 rings (SSSR count). The molecular weight excluding hydrogens is 280 g/mol. The zero-order valence-electron chi connectivity index (χ0n) is 12.2. The Hall–Kier alpha value is -1.81. The molecule has 0 aliphatic carbocycles. The molecule has 1 N–H and O–H groups in total. The van der Waals surface area contributed by atoms with Gasteiger partial charge in [-0.25, -0.2) is 4.98 Å². The van der Waals surface area contributed by atoms with Gasteiger partial charge in [-0.15, -0.1) is 0 Å². The molecule has 110 valence electrons. The molecule has 0 spiro atoms. The molecule has 0 radical (unpaired) electrons. The predicted molar refractivity (Wildman–Crippen MR) is 89.4 cm³/mol. The Balaban J connectivity index is 1.61. The quantitative estimate of drug-likeness (QED) is 0.785. The normalized spacial score (nSPS) is 10.3. The van der Waals surface area contributed by atoms with Crippen molar-refractivity contribution < 1.29 is 4.79 Å². The van der Waals surface area contributed by atoms with E-state index in [0.29, 0.717) is 12.2 Å². The number of aromatic nitrogens is 1. The second kappa shape index (κ2) is 8.47. The van der Waals surface area contributed by atoms with Crippen molar-refractivity contribution in [1.29, 1.82) is 0 Å². The number of carbonyl (C=O) groups is 1. The van der Waals surface area contributed by atoms with Crippen molar-refractivity contribution in [2.45, 2.75) is 25.5 Å². The highest BCUT2D eigenvalue weighted by atomic mass is 32.2. The number of amides is 1. The maximum atomic E-state index is 11.8. The van der Waals surface area contributed by atoms with Crippen LogP contribution in [0.15, 0.2) is 48.5 Å². The molecule has 0 aliphatic heterocycles. The molecule has 0 bridgehead atoms. The van der Waals surface area contributed by atoms with Gasteiger partial charge >= 0.3 is 0 Å². The number of pyridine rings is 1. The van der Waals surface area contributed by atoms with E-state index in [1.165, 1.54) is 5.56 Å². The lowest BCUT2D eigenvalue weighted by atomic mass is 10.2. The van der Waals surface area contributed by atoms with Crippen LogP contribution in [0.5, 0.6) is 0 Å². The number of nitrogens with one attached hydrogen (secondary N) is 1. The van der Waals surface area contributed by atoms with Gasteiger partial charge in [0.1, 0.15) is 5.82 Å². The van der Waals surface area contributed by atoms with Crippen molar-refractivity contribution in [3.8, 4) is 0 Å². The molecular formula is C17H20N2OS. The van der Waals surface area contributed by atoms with Crippen LogP contribution >= 0.6 is 11.8 Å². The third-order valence-corrected chi connectivity index (χ3v) is 4.07. The zero-order valence-corrected chi connectivity index (χ0v) is 13.0. The van der Waals surface area contributed by atoms with E-state index in [-0.39, 0.29) is 5.91 Å². The summed E-state index contributed by atoms with van der Waals surface area (Å²) in [6, 6.07) is 16.0. The van der Waals surface area contributed by atoms with Crippen LogP contribution in [0, 0.1) is 6.92 Å². The van der Waals surface area contributed by atoms with Crippen LogP contribution in [0.2, 0.25) is 0 Å². The van der Waals surface area contributed by atoms with E-state index in [9.17, 15) is 4.79 Å². The lowest BCUT2D eigenvalue weighted by Crippen LogP contribution is -2.12. The van der Waals surface area contributed by atoms with Gasteiger partial charge in [-0.3, -0.25) is 4.79 Å². The van der Waals surface area contributed by atoms with Gasteiger partial charge in [-0.2, -0.15) is 11.8 Å². The van der Waals surface area contributed by atoms with Crippen molar-refractivity contribution in [2.75, 3.05) is 11.1 Å². The number of rotatable bonds is 7. The molecule has 3 nitrogen and oxygen atoms in total. The summed E-state index contributed by atoms with van der Waals surface area (Å²) in [5.74, 6) is 2.66. The Labute approximate surface area is 130 Å². The van der Waals surface area contributed by atoms with Gasteiger partial charge in [0.05, 0.1) is 0 Å². The maximum absolute atomic E-state index is 11.8. The Morgan fingerprint density at radius 2 is 1.95 bits per heavy atom. The largest absolute Gasteiger partial charge is 0.311 e. The minimum atomic E-state index is 0.0356. The van der Waals surface area contributed by atoms with Crippen LogP contribution in [0.3, 0.4) is 0 Å². The second-order valence-corrected chi connectivity index (χ2v) is 5.96. The fraction of sp³-hybridized carbons (Fsp3) is 0.294. The first kappa shape index (κ1) is 15.6. The molecule has 1 heterocycles. The van der Waals surface area contributed by atoms with Crippen LogP contribution < -0.4 is 5.32 Å². The summed E-state index contributed by atoms with van der Waals surface area (Å²) < 4.78 is 0. The first-order valence-electron chi connectivity index (χ1n) is 7.09. The Morgan fingerprint density at radius 1 is 1.14 bits per heavy atom. The lowest BCUT2D eigenvalue weighted by Gasteiger charge is -2.05. The van der Waals surface area contributed by atoms with E-state index >= 15 is 0 Å². The predicted octanol–water partition coefficient (Wildman–Crippen LogP) is 4.04. The fourth-order valence-corrected chi connectivity index (χ4v) is 2.84. The molecule has 2 aromatic rings. The third kappa shape index (κ3) is 6.00. The SMILES string of the molecule is Cc1cccc(NC(=O)CCCSCc2ccccc2)n1. The topological polar surface area (TPSA) is 42.0 Å². The molecule has 0 saturated heterocycles. The molecule has 0 fully saturated rings. The third-order valence-electron chi connectivity index (χ3n) is 2.96. The first-order chi connectivity index (χ1) is 10.2. The number of nitrogens with zero attached hydrogens (tertiary/aromatic N) is 1. The summed E-state index contributed by atoms with van der Waals surface area (Å²) in [6.45, 7) is 1.91. The maximum Gasteiger partial charge on any atom is 0.225 e. The van der Waals surface area contributed by atoms with Crippen LogP contribution in [0.25, 0.3) is 0 Å². The molecule has 0 unspecified atom stereocenters. The fourth-order valence-electron chi connectivity index (χ4n) is 1.92. The molecule has 1 aromatic heterocycles. The molecule has 0 saturated carbocycles. The van der Waals surface area contributed by atoms with Crippen LogP contribution in [-0.4, -0.2) is 16.6 Å². The Bertz CT molecular complexity index is 572. The van der Waals surface area contributed by atoms with Crippen molar-refractivity contribution >= 4 is 23.5 Å². The average Bonchev–Trinajstić information content (AvgIpc) is 2.48. The van der Waals surface area contributed by atoms with E-state index in [1.54, 1.807) is 0 Å². The van der Waals surface area contributed by atoms with Gasteiger partial charge in [0.15, 0.2) is 0 Å². The van der Waals surface area contributed by atoms with Crippen LogP contribution in [0.1, 0.15) is 24.1 Å². The van der Waals surface area contributed by atoms with Gasteiger partial charge in [0.2, 0.25) is 5.91 Å². The number of hydrogen-bond acceptors (Lipinski definition) is 3. The first-order valence-corrected chi connectivity index (χ1v) is 8.25. The van der Waals surface area contributed by atoms with Gasteiger partial charge in [-0.05, 0) is 36.8 Å². The monoisotopic (exact) mass is 300 g/mol. The molecule has 21 heavy (non-hydrogen) atoms. The number of anilines is 1. The molecule has 1 aromatic carbocycles. The van der Waals surface area contributed by atoms with E-state index < -0.39 is 0 Å². The molecule has 0 aliphatic rings. The smallest absolute Gasteiger partial charge is 0.225 e. The summed E-state index contributed by atoms with van der Waals surface area (Å²) in [5.41, 5.74) is 2.24. The van der Waals surface area contributed by atoms with Gasteiger partial charge in [0.25, 0.3) is 0 Å². The molecule has 4 heteroatoms. The second-order valence-electron chi connectivity index (χ2n) is 4.85.